The second kappa shape index (κ2) is 34.7. The standard InChI is InChI=1S/2C25H17N3.2C20H15N3.C19H13N3.5CH4/c1-3-9-18(10-4-1)19-15-16-21-24(17-19)28-23-14-8-7-13-22(23)27(25(28)26-21)20-11-5-2-6-12-20;1-3-9-18(10-4-1)19-15-16-23-24(17-19)28-22-14-8-7-13-21(22)26-25(28)27(23)20-11-5-2-6-12-20;1-22-17-9-5-6-10-18(17)23-19-13-15(14-7-3-2-4-8-14)11-12-16(19)21-20(22)23;1-22-18-12-11-15(14-7-3-2-4-8-14)13-19(18)23-17-10-6-5-9-16(17)21-20(22)23;1-2-8-14(9-3-1)21-17-12-6-7-13-18(17)22-16-11-5-4-10-15(16)20-19(21)22;;;;;/h2*1-17H;2*2-13H,1H3;1-13H;5*1H4. The Bertz CT molecular complexity index is 8680. The topological polar surface area (TPSA) is 111 Å². The Morgan fingerprint density at radius 2 is 0.349 bits per heavy atom. The summed E-state index contributed by atoms with van der Waals surface area (Å²) in [6.45, 7) is 0. The van der Waals surface area contributed by atoms with E-state index < -0.39 is 0 Å². The molecule has 0 fully saturated rings. The molecule has 0 aliphatic heterocycles. The Morgan fingerprint density at radius 1 is 0.147 bits per heavy atom. The molecule has 0 amide bonds. The van der Waals surface area contributed by atoms with E-state index in [2.05, 4.69) is 435 Å². The van der Waals surface area contributed by atoms with Gasteiger partial charge in [0.25, 0.3) is 0 Å². The predicted molar refractivity (Wildman–Crippen MR) is 542 cm³/mol. The first-order valence-electron chi connectivity index (χ1n) is 41.7. The summed E-state index contributed by atoms with van der Waals surface area (Å²) >= 11 is 0. The van der Waals surface area contributed by atoms with Crippen molar-refractivity contribution in [2.24, 2.45) is 14.1 Å². The first-order valence-corrected chi connectivity index (χ1v) is 41.7. The van der Waals surface area contributed by atoms with Crippen LogP contribution < -0.4 is 0 Å². The number of imidazole rings is 10. The highest BCUT2D eigenvalue weighted by Gasteiger charge is 2.23. The average molecular weight is 1680 g/mol. The van der Waals surface area contributed by atoms with E-state index in [1.807, 2.05) is 54.6 Å². The van der Waals surface area contributed by atoms with Gasteiger partial charge in [-0.3, -0.25) is 35.7 Å². The van der Waals surface area contributed by atoms with E-state index in [4.69, 9.17) is 24.9 Å². The summed E-state index contributed by atoms with van der Waals surface area (Å²) in [5.74, 6) is 4.78. The maximum atomic E-state index is 4.99. The Labute approximate surface area is 747 Å². The van der Waals surface area contributed by atoms with Gasteiger partial charge in [-0.2, -0.15) is 0 Å². The lowest BCUT2D eigenvalue weighted by atomic mass is 10.1. The minimum absolute atomic E-state index is 0. The Morgan fingerprint density at radius 3 is 0.698 bits per heavy atom. The van der Waals surface area contributed by atoms with Crippen molar-refractivity contribution in [2.75, 3.05) is 0 Å². The highest BCUT2D eigenvalue weighted by Crippen LogP contribution is 2.38. The van der Waals surface area contributed by atoms with Crippen molar-refractivity contribution in [3.05, 3.63) is 431 Å². The second-order valence-corrected chi connectivity index (χ2v) is 31.1. The van der Waals surface area contributed by atoms with Gasteiger partial charge < -0.3 is 9.13 Å². The van der Waals surface area contributed by atoms with Crippen LogP contribution in [-0.4, -0.2) is 69.8 Å². The number of nitrogens with zero attached hydrogens (tertiary/aromatic N) is 15. The monoisotopic (exact) mass is 1680 g/mol. The van der Waals surface area contributed by atoms with E-state index in [-0.39, 0.29) is 37.1 Å². The largest absolute Gasteiger partial charge is 0.313 e. The summed E-state index contributed by atoms with van der Waals surface area (Å²) < 4.78 is 22.3. The number of benzene rings is 17. The molecule has 27 aromatic rings. The summed E-state index contributed by atoms with van der Waals surface area (Å²) in [5.41, 5.74) is 35.6. The van der Waals surface area contributed by atoms with Gasteiger partial charge in [0.15, 0.2) is 0 Å². The molecule has 17 aromatic carbocycles. The third kappa shape index (κ3) is 14.2. The third-order valence-corrected chi connectivity index (χ3v) is 23.8. The van der Waals surface area contributed by atoms with Crippen molar-refractivity contribution >= 4 is 139 Å². The van der Waals surface area contributed by atoms with Gasteiger partial charge >= 0.3 is 0 Å². The minimum atomic E-state index is 0. The molecular weight excluding hydrogens is 1580 g/mol. The summed E-state index contributed by atoms with van der Waals surface area (Å²) in [6.07, 6.45) is 0. The van der Waals surface area contributed by atoms with Gasteiger partial charge in [-0.15, -0.1) is 0 Å². The smallest absolute Gasteiger partial charge is 0.220 e. The average Bonchev–Trinajstić information content (AvgIpc) is 1.57. The SMILES string of the molecule is C.C.C.C.C.Cn1c2ccc(-c3ccccc3)cc2n2c3ccccc3nc12.Cn1c2ccccc2n2c3cc(-c4ccccc4)ccc3nc12.c1ccc(-c2ccc3c(c2)n2c4ccccc4nc2n3-c2ccccc2)cc1.c1ccc(-c2ccc3nc4n(-c5ccccc5)c5ccccc5n4c3c2)cc1.c1ccc(-n2c3ccccc3n3c4ccccc4nc23)cc1. The lowest BCUT2D eigenvalue weighted by Gasteiger charge is -2.06. The minimum Gasteiger partial charge on any atom is -0.313 e. The zero-order valence-electron chi connectivity index (χ0n) is 67.7. The first-order chi connectivity index (χ1) is 61.4. The van der Waals surface area contributed by atoms with Gasteiger partial charge in [0, 0.05) is 31.2 Å². The zero-order valence-corrected chi connectivity index (χ0v) is 67.7. The van der Waals surface area contributed by atoms with Crippen LogP contribution in [0.5, 0.6) is 0 Å². The van der Waals surface area contributed by atoms with Gasteiger partial charge in [-0.1, -0.05) is 310 Å². The number of rotatable bonds is 7. The number of hydrogen-bond acceptors (Lipinski definition) is 5. The van der Waals surface area contributed by atoms with Crippen molar-refractivity contribution in [1.29, 1.82) is 0 Å². The van der Waals surface area contributed by atoms with Crippen molar-refractivity contribution in [3.8, 4) is 61.6 Å². The first kappa shape index (κ1) is 83.0. The molecule has 27 rings (SSSR count). The number of fused-ring (bicyclic) bond motifs is 25. The molecule has 10 heterocycles. The van der Waals surface area contributed by atoms with Gasteiger partial charge in [-0.25, -0.2) is 24.9 Å². The van der Waals surface area contributed by atoms with Crippen LogP contribution in [-0.2, 0) is 14.1 Å². The Hall–Kier alpha value is -16.9. The fourth-order valence-corrected chi connectivity index (χ4v) is 18.0. The molecule has 0 bridgehead atoms. The van der Waals surface area contributed by atoms with Crippen LogP contribution in [0.25, 0.3) is 201 Å². The molecule has 0 N–H and O–H groups in total. The molecule has 0 aliphatic carbocycles. The van der Waals surface area contributed by atoms with Crippen molar-refractivity contribution < 1.29 is 0 Å². The molecule has 0 atom stereocenters. The van der Waals surface area contributed by atoms with E-state index in [0.717, 1.165) is 123 Å². The van der Waals surface area contributed by atoms with Crippen LogP contribution in [0.4, 0.5) is 0 Å². The summed E-state index contributed by atoms with van der Waals surface area (Å²) in [4.78, 5) is 24.4. The van der Waals surface area contributed by atoms with E-state index in [0.29, 0.717) is 0 Å². The Balaban J connectivity index is 0.000000108. The lowest BCUT2D eigenvalue weighted by molar-refractivity contribution is 0.973. The molecule has 15 heteroatoms. The van der Waals surface area contributed by atoms with Crippen molar-refractivity contribution in [1.82, 2.24) is 69.8 Å². The van der Waals surface area contributed by atoms with Crippen LogP contribution in [0, 0.1) is 0 Å². The summed E-state index contributed by atoms with van der Waals surface area (Å²) in [7, 11) is 4.15. The number of aromatic nitrogens is 15. The molecule has 0 aliphatic rings. The van der Waals surface area contributed by atoms with Gasteiger partial charge in [0.1, 0.15) is 0 Å². The van der Waals surface area contributed by atoms with Crippen LogP contribution >= 0.6 is 0 Å². The van der Waals surface area contributed by atoms with E-state index >= 15 is 0 Å². The fourth-order valence-electron chi connectivity index (χ4n) is 18.0. The van der Waals surface area contributed by atoms with Crippen molar-refractivity contribution in [2.45, 2.75) is 37.1 Å². The lowest BCUT2D eigenvalue weighted by Crippen LogP contribution is -1.94. The quantitative estimate of drug-likeness (QED) is 0.158. The second-order valence-electron chi connectivity index (χ2n) is 31.1. The third-order valence-electron chi connectivity index (χ3n) is 23.8. The predicted octanol–water partition coefficient (Wildman–Crippen LogP) is 29.1. The van der Waals surface area contributed by atoms with Crippen LogP contribution in [0.2, 0.25) is 0 Å². The van der Waals surface area contributed by atoms with Crippen LogP contribution in [0.1, 0.15) is 37.1 Å². The molecular formula is C114H97N15. The van der Waals surface area contributed by atoms with Crippen molar-refractivity contribution in [3.63, 3.8) is 0 Å². The van der Waals surface area contributed by atoms with E-state index in [1.165, 1.54) is 77.6 Å². The molecule has 0 spiro atoms. The molecule has 10 aromatic heterocycles. The maximum absolute atomic E-state index is 4.99. The molecule has 0 unspecified atom stereocenters. The van der Waals surface area contributed by atoms with Gasteiger partial charge in [0.05, 0.1) is 110 Å². The fraction of sp³-hybridized carbons (Fsp3) is 0.0614. The highest BCUT2D eigenvalue weighted by molar-refractivity contribution is 5.99. The van der Waals surface area contributed by atoms with E-state index in [1.54, 1.807) is 0 Å². The van der Waals surface area contributed by atoms with Gasteiger partial charge in [0.2, 0.25) is 28.9 Å². The van der Waals surface area contributed by atoms with Crippen LogP contribution in [0.15, 0.2) is 431 Å². The van der Waals surface area contributed by atoms with Crippen LogP contribution in [0.3, 0.4) is 0 Å². The molecule has 0 saturated heterocycles. The molecule has 0 saturated carbocycles. The van der Waals surface area contributed by atoms with Gasteiger partial charge in [-0.05, 0) is 202 Å². The summed E-state index contributed by atoms with van der Waals surface area (Å²) in [5, 5.41) is 0. The number of aryl methyl sites for hydroxylation is 2. The maximum Gasteiger partial charge on any atom is 0.220 e. The highest BCUT2D eigenvalue weighted by atomic mass is 15.2. The molecule has 15 nitrogen and oxygen atoms in total. The molecule has 129 heavy (non-hydrogen) atoms. The summed E-state index contributed by atoms with van der Waals surface area (Å²) in [6, 6.07) is 150. The number of para-hydroxylation sites is 15. The molecule has 0 radical (unpaired) electrons. The normalized spacial score (nSPS) is 11.2. The molecule has 628 valence electrons. The zero-order chi connectivity index (χ0) is 82.3. The number of hydrogen-bond donors (Lipinski definition) is 0. The Kier molecular flexibility index (Phi) is 22.3. The van der Waals surface area contributed by atoms with E-state index in [9.17, 15) is 0 Å².